The van der Waals surface area contributed by atoms with Gasteiger partial charge in [0, 0.05) is 0 Å². The minimum Gasteiger partial charge on any atom is -0.0533 e. The van der Waals surface area contributed by atoms with Gasteiger partial charge in [-0.25, -0.2) is 0 Å². The summed E-state index contributed by atoms with van der Waals surface area (Å²) in [5, 5.41) is 0. The lowest BCUT2D eigenvalue weighted by Crippen LogP contribution is -1.93. The molecule has 0 spiro atoms. The smallest absolute Gasteiger partial charge is 0.0355 e. The fraction of sp³-hybridized carbons (Fsp3) is 0.833. The SMILES string of the molecule is [CH2]CCCCCCC1[CH]CCC1. The molecule has 12 heavy (non-hydrogen) atoms. The molecule has 0 heteroatoms. The highest BCUT2D eigenvalue weighted by molar-refractivity contribution is 4.82. The Morgan fingerprint density at radius 2 is 2.00 bits per heavy atom. The van der Waals surface area contributed by atoms with Crippen molar-refractivity contribution >= 4 is 0 Å². The molecular weight excluding hydrogens is 144 g/mol. The Morgan fingerprint density at radius 1 is 1.17 bits per heavy atom. The molecule has 0 N–H and O–H groups in total. The van der Waals surface area contributed by atoms with Crippen LogP contribution in [0.4, 0.5) is 0 Å². The minimum atomic E-state index is 0.977. The van der Waals surface area contributed by atoms with Crippen molar-refractivity contribution in [1.82, 2.24) is 0 Å². The highest BCUT2D eigenvalue weighted by Crippen LogP contribution is 2.28. The average Bonchev–Trinajstić information content (AvgIpc) is 2.57. The van der Waals surface area contributed by atoms with Crippen molar-refractivity contribution in [2.75, 3.05) is 0 Å². The molecule has 0 aromatic carbocycles. The maximum Gasteiger partial charge on any atom is -0.0355 e. The van der Waals surface area contributed by atoms with Gasteiger partial charge in [-0.15, -0.1) is 0 Å². The topological polar surface area (TPSA) is 0 Å². The molecule has 0 heterocycles. The van der Waals surface area contributed by atoms with Gasteiger partial charge in [0.25, 0.3) is 0 Å². The van der Waals surface area contributed by atoms with Crippen LogP contribution in [0.15, 0.2) is 0 Å². The third-order valence-corrected chi connectivity index (χ3v) is 2.85. The molecule has 1 saturated carbocycles. The van der Waals surface area contributed by atoms with Crippen LogP contribution in [-0.4, -0.2) is 0 Å². The summed E-state index contributed by atoms with van der Waals surface area (Å²) >= 11 is 0. The summed E-state index contributed by atoms with van der Waals surface area (Å²) in [6, 6.07) is 0. The van der Waals surface area contributed by atoms with E-state index in [1.54, 1.807) is 0 Å². The Bertz CT molecular complexity index is 90.2. The average molecular weight is 166 g/mol. The second-order valence-corrected chi connectivity index (χ2v) is 3.98. The van der Waals surface area contributed by atoms with E-state index in [1.165, 1.54) is 51.4 Å². The molecule has 1 atom stereocenters. The molecule has 1 unspecified atom stereocenters. The third kappa shape index (κ3) is 4.13. The van der Waals surface area contributed by atoms with Gasteiger partial charge in [-0.05, 0) is 18.8 Å². The Hall–Kier alpha value is 0. The van der Waals surface area contributed by atoms with Gasteiger partial charge in [0.05, 0.1) is 0 Å². The molecule has 70 valence electrons. The first kappa shape index (κ1) is 10.1. The summed E-state index contributed by atoms with van der Waals surface area (Å²) in [5.74, 6) is 0.977. The third-order valence-electron chi connectivity index (χ3n) is 2.85. The Kier molecular flexibility index (Phi) is 5.47. The molecule has 0 bridgehead atoms. The molecule has 1 aliphatic carbocycles. The first-order valence-corrected chi connectivity index (χ1v) is 5.56. The van der Waals surface area contributed by atoms with Gasteiger partial charge < -0.3 is 0 Å². The lowest BCUT2D eigenvalue weighted by atomic mass is 9.99. The van der Waals surface area contributed by atoms with E-state index in [0.29, 0.717) is 0 Å². The first-order valence-electron chi connectivity index (χ1n) is 5.56. The van der Waals surface area contributed by atoms with E-state index >= 15 is 0 Å². The van der Waals surface area contributed by atoms with Crippen molar-refractivity contribution in [3.05, 3.63) is 13.3 Å². The minimum absolute atomic E-state index is 0.977. The number of unbranched alkanes of at least 4 members (excludes halogenated alkanes) is 4. The van der Waals surface area contributed by atoms with Crippen LogP contribution < -0.4 is 0 Å². The zero-order valence-electron chi connectivity index (χ0n) is 8.23. The lowest BCUT2D eigenvalue weighted by Gasteiger charge is -2.07. The van der Waals surface area contributed by atoms with E-state index in [9.17, 15) is 0 Å². The summed E-state index contributed by atoms with van der Waals surface area (Å²) in [5.41, 5.74) is 0. The van der Waals surface area contributed by atoms with Gasteiger partial charge in [-0.3, -0.25) is 0 Å². The molecule has 0 aromatic rings. The second-order valence-electron chi connectivity index (χ2n) is 3.98. The standard InChI is InChI=1S/C12H22/c1-2-3-4-5-6-9-12-10-7-8-11-12/h10,12H,1-9,11H2. The van der Waals surface area contributed by atoms with Crippen LogP contribution in [0.5, 0.6) is 0 Å². The number of hydrogen-bond acceptors (Lipinski definition) is 0. The summed E-state index contributed by atoms with van der Waals surface area (Å²) in [4.78, 5) is 0. The van der Waals surface area contributed by atoms with Gasteiger partial charge >= 0.3 is 0 Å². The fourth-order valence-electron chi connectivity index (χ4n) is 2.05. The van der Waals surface area contributed by atoms with Crippen LogP contribution in [0, 0.1) is 19.3 Å². The molecular formula is C12H22. The molecule has 2 radical (unpaired) electrons. The van der Waals surface area contributed by atoms with Gasteiger partial charge in [0.15, 0.2) is 0 Å². The van der Waals surface area contributed by atoms with E-state index in [2.05, 4.69) is 13.3 Å². The molecule has 1 aliphatic rings. The monoisotopic (exact) mass is 166 g/mol. The lowest BCUT2D eigenvalue weighted by molar-refractivity contribution is 0.512. The summed E-state index contributed by atoms with van der Waals surface area (Å²) in [6.45, 7) is 3.85. The second kappa shape index (κ2) is 6.51. The molecule has 0 nitrogen and oxygen atoms in total. The van der Waals surface area contributed by atoms with E-state index in [0.717, 1.165) is 12.3 Å². The van der Waals surface area contributed by atoms with E-state index < -0.39 is 0 Å². The normalized spacial score (nSPS) is 18.8. The largest absolute Gasteiger partial charge is 0.0533 e. The molecule has 0 aliphatic heterocycles. The predicted octanol–water partition coefficient (Wildman–Crippen LogP) is 4.17. The van der Waals surface area contributed by atoms with Crippen molar-refractivity contribution in [1.29, 1.82) is 0 Å². The summed E-state index contributed by atoms with van der Waals surface area (Å²) < 4.78 is 0. The van der Waals surface area contributed by atoms with Crippen molar-refractivity contribution in [3.63, 3.8) is 0 Å². The quantitative estimate of drug-likeness (QED) is 0.520. The van der Waals surface area contributed by atoms with Crippen LogP contribution in [0.2, 0.25) is 0 Å². The number of rotatable bonds is 6. The maximum absolute atomic E-state index is 3.85. The van der Waals surface area contributed by atoms with Crippen molar-refractivity contribution in [2.45, 2.75) is 57.8 Å². The van der Waals surface area contributed by atoms with Crippen LogP contribution in [-0.2, 0) is 0 Å². The molecule has 1 fully saturated rings. The first-order chi connectivity index (χ1) is 5.93. The Morgan fingerprint density at radius 3 is 2.67 bits per heavy atom. The molecule has 0 aromatic heterocycles. The van der Waals surface area contributed by atoms with Crippen molar-refractivity contribution in [3.8, 4) is 0 Å². The molecule has 0 saturated heterocycles. The van der Waals surface area contributed by atoms with E-state index in [4.69, 9.17) is 0 Å². The summed E-state index contributed by atoms with van der Waals surface area (Å²) in [7, 11) is 0. The maximum atomic E-state index is 3.85. The zero-order chi connectivity index (χ0) is 8.65. The van der Waals surface area contributed by atoms with Gasteiger partial charge in [0.1, 0.15) is 0 Å². The van der Waals surface area contributed by atoms with Crippen molar-refractivity contribution in [2.24, 2.45) is 5.92 Å². The Balaban J connectivity index is 1.81. The molecule has 0 amide bonds. The zero-order valence-corrected chi connectivity index (χ0v) is 8.23. The van der Waals surface area contributed by atoms with Gasteiger partial charge in [-0.1, -0.05) is 58.3 Å². The fourth-order valence-corrected chi connectivity index (χ4v) is 2.05. The highest BCUT2D eigenvalue weighted by Gasteiger charge is 2.13. The number of hydrogen-bond donors (Lipinski definition) is 0. The van der Waals surface area contributed by atoms with Gasteiger partial charge in [0.2, 0.25) is 0 Å². The summed E-state index contributed by atoms with van der Waals surface area (Å²) in [6.07, 6.45) is 15.0. The van der Waals surface area contributed by atoms with Crippen molar-refractivity contribution < 1.29 is 0 Å². The predicted molar refractivity (Wildman–Crippen MR) is 54.7 cm³/mol. The van der Waals surface area contributed by atoms with Crippen LogP contribution in [0.25, 0.3) is 0 Å². The van der Waals surface area contributed by atoms with Crippen LogP contribution in [0.3, 0.4) is 0 Å². The van der Waals surface area contributed by atoms with E-state index in [1.807, 2.05) is 0 Å². The highest BCUT2D eigenvalue weighted by atomic mass is 14.2. The Labute approximate surface area is 77.7 Å². The van der Waals surface area contributed by atoms with Crippen LogP contribution in [0.1, 0.15) is 57.8 Å². The van der Waals surface area contributed by atoms with Crippen LogP contribution >= 0.6 is 0 Å². The van der Waals surface area contributed by atoms with Gasteiger partial charge in [-0.2, -0.15) is 0 Å². The molecule has 1 rings (SSSR count). The van der Waals surface area contributed by atoms with E-state index in [-0.39, 0.29) is 0 Å².